The van der Waals surface area contributed by atoms with Gasteiger partial charge in [-0.15, -0.1) is 0 Å². The van der Waals surface area contributed by atoms with Gasteiger partial charge in [-0.3, -0.25) is 9.59 Å². The van der Waals surface area contributed by atoms with Crippen LogP contribution in [0.4, 0.5) is 5.69 Å². The zero-order valence-electron chi connectivity index (χ0n) is 11.6. The lowest BCUT2D eigenvalue weighted by Crippen LogP contribution is -2.37. The molecule has 0 aliphatic heterocycles. The van der Waals surface area contributed by atoms with Crippen molar-refractivity contribution in [2.45, 2.75) is 0 Å². The van der Waals surface area contributed by atoms with Gasteiger partial charge in [0.2, 0.25) is 5.91 Å². The SMILES string of the molecule is COc1ccc(N)cc1C(=O)N(C)CC(=O)N(C)C. The standard InChI is InChI=1S/C13H19N3O3/c1-15(2)12(17)8-16(3)13(18)10-7-9(14)5-6-11(10)19-4/h5-7H,8,14H2,1-4H3. The molecule has 6 heteroatoms. The second-order valence-electron chi connectivity index (χ2n) is 4.41. The van der Waals surface area contributed by atoms with Gasteiger partial charge in [0.05, 0.1) is 19.2 Å². The van der Waals surface area contributed by atoms with Crippen LogP contribution in [0, 0.1) is 0 Å². The molecule has 0 fully saturated rings. The zero-order valence-corrected chi connectivity index (χ0v) is 11.6. The van der Waals surface area contributed by atoms with E-state index in [4.69, 9.17) is 10.5 Å². The average Bonchev–Trinajstić information content (AvgIpc) is 2.37. The Bertz CT molecular complexity index is 486. The first-order valence-electron chi connectivity index (χ1n) is 5.76. The van der Waals surface area contributed by atoms with Gasteiger partial charge in [-0.2, -0.15) is 0 Å². The number of hydrogen-bond donors (Lipinski definition) is 1. The zero-order chi connectivity index (χ0) is 14.6. The van der Waals surface area contributed by atoms with Crippen LogP contribution in [0.1, 0.15) is 10.4 Å². The summed E-state index contributed by atoms with van der Waals surface area (Å²) in [6.45, 7) is 0.00376. The third-order valence-electron chi connectivity index (χ3n) is 2.67. The Morgan fingerprint density at radius 3 is 2.42 bits per heavy atom. The molecule has 0 atom stereocenters. The summed E-state index contributed by atoms with van der Waals surface area (Å²) in [4.78, 5) is 26.6. The van der Waals surface area contributed by atoms with E-state index >= 15 is 0 Å². The second kappa shape index (κ2) is 6.08. The maximum Gasteiger partial charge on any atom is 0.257 e. The van der Waals surface area contributed by atoms with Crippen LogP contribution >= 0.6 is 0 Å². The predicted molar refractivity (Wildman–Crippen MR) is 73.1 cm³/mol. The molecule has 1 aromatic rings. The van der Waals surface area contributed by atoms with E-state index < -0.39 is 0 Å². The lowest BCUT2D eigenvalue weighted by molar-refractivity contribution is -0.129. The van der Waals surface area contributed by atoms with E-state index in [1.165, 1.54) is 23.0 Å². The summed E-state index contributed by atoms with van der Waals surface area (Å²) in [7, 11) is 6.32. The van der Waals surface area contributed by atoms with Gasteiger partial charge in [0, 0.05) is 26.8 Å². The molecule has 0 aromatic heterocycles. The van der Waals surface area contributed by atoms with Gasteiger partial charge >= 0.3 is 0 Å². The number of ether oxygens (including phenoxy) is 1. The van der Waals surface area contributed by atoms with Crippen LogP contribution in [-0.4, -0.2) is 56.4 Å². The number of hydrogen-bond acceptors (Lipinski definition) is 4. The number of nitrogens with two attached hydrogens (primary N) is 1. The highest BCUT2D eigenvalue weighted by molar-refractivity contribution is 5.99. The molecule has 1 rings (SSSR count). The van der Waals surface area contributed by atoms with Crippen molar-refractivity contribution < 1.29 is 14.3 Å². The van der Waals surface area contributed by atoms with Gasteiger partial charge < -0.3 is 20.3 Å². The quantitative estimate of drug-likeness (QED) is 0.801. The number of anilines is 1. The van der Waals surface area contributed by atoms with E-state index in [1.807, 2.05) is 0 Å². The highest BCUT2D eigenvalue weighted by Crippen LogP contribution is 2.22. The smallest absolute Gasteiger partial charge is 0.257 e. The van der Waals surface area contributed by atoms with Crippen molar-refractivity contribution in [2.75, 3.05) is 40.5 Å². The average molecular weight is 265 g/mol. The van der Waals surface area contributed by atoms with Crippen LogP contribution in [0.2, 0.25) is 0 Å². The Balaban J connectivity index is 2.93. The monoisotopic (exact) mass is 265 g/mol. The molecule has 0 saturated carbocycles. The Morgan fingerprint density at radius 2 is 1.89 bits per heavy atom. The predicted octanol–water partition coefficient (Wildman–Crippen LogP) is 0.438. The van der Waals surface area contributed by atoms with Crippen LogP contribution < -0.4 is 10.5 Å². The number of amides is 2. The number of carbonyl (C=O) groups is 2. The van der Waals surface area contributed by atoms with E-state index in [-0.39, 0.29) is 18.4 Å². The number of nitrogens with zero attached hydrogens (tertiary/aromatic N) is 2. The lowest BCUT2D eigenvalue weighted by atomic mass is 10.1. The van der Waals surface area contributed by atoms with Gasteiger partial charge in [0.1, 0.15) is 5.75 Å². The normalized spacial score (nSPS) is 9.89. The summed E-state index contributed by atoms with van der Waals surface area (Å²) in [6.07, 6.45) is 0. The van der Waals surface area contributed by atoms with Gasteiger partial charge in [-0.25, -0.2) is 0 Å². The molecule has 0 saturated heterocycles. The van der Waals surface area contributed by atoms with Gasteiger partial charge in [0.15, 0.2) is 0 Å². The Morgan fingerprint density at radius 1 is 1.26 bits per heavy atom. The fraction of sp³-hybridized carbons (Fsp3) is 0.385. The maximum absolute atomic E-state index is 12.3. The van der Waals surface area contributed by atoms with Crippen LogP contribution in [0.5, 0.6) is 5.75 Å². The molecule has 104 valence electrons. The molecular weight excluding hydrogens is 246 g/mol. The third kappa shape index (κ3) is 3.61. The summed E-state index contributed by atoms with van der Waals surface area (Å²) in [5.74, 6) is -0.0265. The van der Waals surface area contributed by atoms with Crippen LogP contribution in [-0.2, 0) is 4.79 Å². The number of nitrogen functional groups attached to an aromatic ring is 1. The fourth-order valence-corrected chi connectivity index (χ4v) is 1.51. The number of likely N-dealkylation sites (N-methyl/N-ethyl adjacent to an activating group) is 2. The molecule has 0 radical (unpaired) electrons. The molecule has 2 amide bonds. The van der Waals surface area contributed by atoms with E-state index in [1.54, 1.807) is 33.3 Å². The Kier molecular flexibility index (Phi) is 4.74. The number of carbonyl (C=O) groups excluding carboxylic acids is 2. The first-order chi connectivity index (χ1) is 8.86. The molecule has 2 N–H and O–H groups in total. The van der Waals surface area contributed by atoms with E-state index in [0.29, 0.717) is 17.0 Å². The van der Waals surface area contributed by atoms with E-state index in [0.717, 1.165) is 0 Å². The first-order valence-corrected chi connectivity index (χ1v) is 5.76. The Hall–Kier alpha value is -2.24. The molecule has 0 unspecified atom stereocenters. The summed E-state index contributed by atoms with van der Waals surface area (Å²) < 4.78 is 5.13. The summed E-state index contributed by atoms with van der Waals surface area (Å²) in [5, 5.41) is 0. The van der Waals surface area contributed by atoms with Crippen LogP contribution in [0.25, 0.3) is 0 Å². The number of benzene rings is 1. The minimum atomic E-state index is -0.306. The van der Waals surface area contributed by atoms with Crippen molar-refractivity contribution in [1.29, 1.82) is 0 Å². The highest BCUT2D eigenvalue weighted by atomic mass is 16.5. The molecule has 19 heavy (non-hydrogen) atoms. The van der Waals surface area contributed by atoms with Crippen molar-refractivity contribution in [1.82, 2.24) is 9.80 Å². The largest absolute Gasteiger partial charge is 0.496 e. The van der Waals surface area contributed by atoms with Crippen LogP contribution in [0.15, 0.2) is 18.2 Å². The maximum atomic E-state index is 12.3. The Labute approximate surface area is 112 Å². The second-order valence-corrected chi connectivity index (χ2v) is 4.41. The van der Waals surface area contributed by atoms with Crippen molar-refractivity contribution in [3.63, 3.8) is 0 Å². The molecule has 0 heterocycles. The van der Waals surface area contributed by atoms with Crippen molar-refractivity contribution in [3.05, 3.63) is 23.8 Å². The van der Waals surface area contributed by atoms with Gasteiger partial charge in [-0.1, -0.05) is 0 Å². The summed E-state index contributed by atoms with van der Waals surface area (Å²) >= 11 is 0. The van der Waals surface area contributed by atoms with E-state index in [2.05, 4.69) is 0 Å². The number of methoxy groups -OCH3 is 1. The lowest BCUT2D eigenvalue weighted by Gasteiger charge is -2.20. The minimum absolute atomic E-state index is 0.00376. The molecule has 0 aliphatic rings. The van der Waals surface area contributed by atoms with Crippen molar-refractivity contribution in [2.24, 2.45) is 0 Å². The molecule has 6 nitrogen and oxygen atoms in total. The highest BCUT2D eigenvalue weighted by Gasteiger charge is 2.19. The van der Waals surface area contributed by atoms with Crippen LogP contribution in [0.3, 0.4) is 0 Å². The first kappa shape index (κ1) is 14.8. The van der Waals surface area contributed by atoms with Gasteiger partial charge in [-0.05, 0) is 18.2 Å². The molecule has 1 aromatic carbocycles. The van der Waals surface area contributed by atoms with Gasteiger partial charge in [0.25, 0.3) is 5.91 Å². The molecule has 0 bridgehead atoms. The number of rotatable bonds is 4. The van der Waals surface area contributed by atoms with Crippen molar-refractivity contribution >= 4 is 17.5 Å². The summed E-state index contributed by atoms with van der Waals surface area (Å²) in [5.41, 5.74) is 6.48. The van der Waals surface area contributed by atoms with Crippen molar-refractivity contribution in [3.8, 4) is 5.75 Å². The fourth-order valence-electron chi connectivity index (χ4n) is 1.51. The molecule has 0 aliphatic carbocycles. The topological polar surface area (TPSA) is 75.9 Å². The molecule has 0 spiro atoms. The minimum Gasteiger partial charge on any atom is -0.496 e. The summed E-state index contributed by atoms with van der Waals surface area (Å²) in [6, 6.07) is 4.82. The van der Waals surface area contributed by atoms with E-state index in [9.17, 15) is 9.59 Å². The molecular formula is C13H19N3O3. The third-order valence-corrected chi connectivity index (χ3v) is 2.67.